The third-order valence-corrected chi connectivity index (χ3v) is 3.88. The number of nitrogens with one attached hydrogen (secondary N) is 1. The highest BCUT2D eigenvalue weighted by Gasteiger charge is 2.21. The molecule has 0 saturated carbocycles. The summed E-state index contributed by atoms with van der Waals surface area (Å²) in [4.78, 5) is 2.28. The lowest BCUT2D eigenvalue weighted by atomic mass is 9.92. The van der Waals surface area contributed by atoms with Crippen molar-refractivity contribution >= 4 is 11.8 Å². The second-order valence-corrected chi connectivity index (χ2v) is 6.89. The van der Waals surface area contributed by atoms with Gasteiger partial charge in [-0.25, -0.2) is 0 Å². The van der Waals surface area contributed by atoms with E-state index >= 15 is 0 Å². The van der Waals surface area contributed by atoms with Gasteiger partial charge in [-0.3, -0.25) is 0 Å². The van der Waals surface area contributed by atoms with Crippen molar-refractivity contribution in [3.63, 3.8) is 0 Å². The molecule has 0 unspecified atom stereocenters. The summed E-state index contributed by atoms with van der Waals surface area (Å²) in [5, 5.41) is 3.73. The van der Waals surface area contributed by atoms with Crippen molar-refractivity contribution in [3.05, 3.63) is 0 Å². The van der Waals surface area contributed by atoms with E-state index in [0.29, 0.717) is 5.41 Å². The number of rotatable bonds is 5. The Bertz CT molecular complexity index is 174. The Morgan fingerprint density at radius 3 is 2.40 bits per heavy atom. The van der Waals surface area contributed by atoms with Crippen molar-refractivity contribution in [2.75, 3.05) is 38.7 Å². The first-order valence-electron chi connectivity index (χ1n) is 5.95. The van der Waals surface area contributed by atoms with Crippen molar-refractivity contribution in [1.82, 2.24) is 10.2 Å². The maximum absolute atomic E-state index is 3.73. The highest BCUT2D eigenvalue weighted by molar-refractivity contribution is 7.99. The zero-order valence-electron chi connectivity index (χ0n) is 10.7. The van der Waals surface area contributed by atoms with Gasteiger partial charge in [-0.15, -0.1) is 0 Å². The van der Waals surface area contributed by atoms with Crippen LogP contribution in [0.4, 0.5) is 0 Å². The first-order valence-corrected chi connectivity index (χ1v) is 7.11. The van der Waals surface area contributed by atoms with Crippen LogP contribution in [0, 0.1) is 5.41 Å². The molecule has 1 rings (SSSR count). The fourth-order valence-electron chi connectivity index (χ4n) is 2.23. The second kappa shape index (κ2) is 6.12. The molecule has 0 aliphatic carbocycles. The van der Waals surface area contributed by atoms with Crippen LogP contribution in [0.15, 0.2) is 0 Å². The van der Waals surface area contributed by atoms with E-state index in [-0.39, 0.29) is 0 Å². The Morgan fingerprint density at radius 2 is 1.87 bits per heavy atom. The zero-order chi connectivity index (χ0) is 11.3. The van der Waals surface area contributed by atoms with Gasteiger partial charge in [0.1, 0.15) is 0 Å². The Balaban J connectivity index is 2.21. The molecule has 15 heavy (non-hydrogen) atoms. The van der Waals surface area contributed by atoms with Gasteiger partial charge in [0.15, 0.2) is 0 Å². The van der Waals surface area contributed by atoms with Crippen LogP contribution in [-0.2, 0) is 0 Å². The summed E-state index contributed by atoms with van der Waals surface area (Å²) in [7, 11) is 4.30. The summed E-state index contributed by atoms with van der Waals surface area (Å²) in [6.45, 7) is 6.98. The number of hydrogen-bond acceptors (Lipinski definition) is 3. The van der Waals surface area contributed by atoms with Crippen LogP contribution < -0.4 is 5.32 Å². The molecule has 1 saturated heterocycles. The molecular formula is C12H26N2S. The van der Waals surface area contributed by atoms with E-state index in [1.54, 1.807) is 0 Å². The summed E-state index contributed by atoms with van der Waals surface area (Å²) < 4.78 is 0. The van der Waals surface area contributed by atoms with Crippen LogP contribution in [0.1, 0.15) is 26.7 Å². The maximum Gasteiger partial charge on any atom is 0.00830 e. The lowest BCUT2D eigenvalue weighted by molar-refractivity contribution is 0.223. The van der Waals surface area contributed by atoms with Crippen molar-refractivity contribution in [2.45, 2.75) is 32.7 Å². The zero-order valence-corrected chi connectivity index (χ0v) is 11.5. The first-order chi connectivity index (χ1) is 6.99. The van der Waals surface area contributed by atoms with Crippen molar-refractivity contribution in [2.24, 2.45) is 5.41 Å². The summed E-state index contributed by atoms with van der Waals surface area (Å²) >= 11 is 2.09. The summed E-state index contributed by atoms with van der Waals surface area (Å²) in [6.07, 6.45) is 2.70. The largest absolute Gasteiger partial charge is 0.313 e. The smallest absolute Gasteiger partial charge is 0.00830 e. The van der Waals surface area contributed by atoms with Gasteiger partial charge in [0.05, 0.1) is 0 Å². The van der Waals surface area contributed by atoms with Crippen LogP contribution in [0.3, 0.4) is 0 Å². The van der Waals surface area contributed by atoms with E-state index in [0.717, 1.165) is 19.1 Å². The topological polar surface area (TPSA) is 15.3 Å². The Kier molecular flexibility index (Phi) is 5.44. The molecule has 1 aliphatic rings. The van der Waals surface area contributed by atoms with E-state index in [1.165, 1.54) is 24.3 Å². The average Bonchev–Trinajstić information content (AvgIpc) is 2.15. The Morgan fingerprint density at radius 1 is 1.27 bits per heavy atom. The highest BCUT2D eigenvalue weighted by Crippen LogP contribution is 2.19. The standard InChI is InChI=1S/C12H26N2S/c1-12(2,10-14(3)4)9-13-11-5-7-15-8-6-11/h11,13H,5-10H2,1-4H3. The fourth-order valence-corrected chi connectivity index (χ4v) is 3.34. The van der Waals surface area contributed by atoms with Crippen molar-refractivity contribution in [1.29, 1.82) is 0 Å². The van der Waals surface area contributed by atoms with Gasteiger partial charge in [-0.2, -0.15) is 11.8 Å². The van der Waals surface area contributed by atoms with Crippen LogP contribution in [0.5, 0.6) is 0 Å². The molecule has 90 valence electrons. The molecule has 1 fully saturated rings. The van der Waals surface area contributed by atoms with Gasteiger partial charge in [0, 0.05) is 19.1 Å². The number of thioether (sulfide) groups is 1. The molecule has 1 heterocycles. The molecule has 0 bridgehead atoms. The number of hydrogen-bond donors (Lipinski definition) is 1. The Hall–Kier alpha value is 0.270. The molecule has 0 aromatic carbocycles. The SMILES string of the molecule is CN(C)CC(C)(C)CNC1CCSCC1. The number of nitrogens with zero attached hydrogens (tertiary/aromatic N) is 1. The molecule has 1 aliphatic heterocycles. The quantitative estimate of drug-likeness (QED) is 0.778. The predicted octanol–water partition coefficient (Wildman–Crippen LogP) is 2.06. The highest BCUT2D eigenvalue weighted by atomic mass is 32.2. The van der Waals surface area contributed by atoms with Crippen LogP contribution in [0.2, 0.25) is 0 Å². The van der Waals surface area contributed by atoms with Crippen molar-refractivity contribution in [3.8, 4) is 0 Å². The Labute approximate surface area is 99.2 Å². The van der Waals surface area contributed by atoms with Gasteiger partial charge >= 0.3 is 0 Å². The first kappa shape index (κ1) is 13.3. The predicted molar refractivity (Wildman–Crippen MR) is 70.7 cm³/mol. The molecule has 2 nitrogen and oxygen atoms in total. The summed E-state index contributed by atoms with van der Waals surface area (Å²) in [5.41, 5.74) is 0.383. The average molecular weight is 230 g/mol. The lowest BCUT2D eigenvalue weighted by Gasteiger charge is -2.32. The van der Waals surface area contributed by atoms with Crippen molar-refractivity contribution < 1.29 is 0 Å². The lowest BCUT2D eigenvalue weighted by Crippen LogP contribution is -2.42. The van der Waals surface area contributed by atoms with Crippen LogP contribution in [-0.4, -0.2) is 49.6 Å². The molecular weight excluding hydrogens is 204 g/mol. The van der Waals surface area contributed by atoms with Gasteiger partial charge in [-0.05, 0) is 43.9 Å². The van der Waals surface area contributed by atoms with Crippen LogP contribution >= 0.6 is 11.8 Å². The second-order valence-electron chi connectivity index (χ2n) is 5.67. The van der Waals surface area contributed by atoms with E-state index < -0.39 is 0 Å². The molecule has 0 radical (unpaired) electrons. The van der Waals surface area contributed by atoms with Crippen LogP contribution in [0.25, 0.3) is 0 Å². The van der Waals surface area contributed by atoms with Gasteiger partial charge in [-0.1, -0.05) is 13.8 Å². The van der Waals surface area contributed by atoms with E-state index in [9.17, 15) is 0 Å². The fraction of sp³-hybridized carbons (Fsp3) is 1.00. The van der Waals surface area contributed by atoms with E-state index in [1.807, 2.05) is 0 Å². The van der Waals surface area contributed by atoms with Gasteiger partial charge < -0.3 is 10.2 Å². The van der Waals surface area contributed by atoms with Gasteiger partial charge in [0.25, 0.3) is 0 Å². The summed E-state index contributed by atoms with van der Waals surface area (Å²) in [6, 6.07) is 0.771. The minimum absolute atomic E-state index is 0.383. The molecule has 0 spiro atoms. The maximum atomic E-state index is 3.73. The third-order valence-electron chi connectivity index (χ3n) is 2.83. The molecule has 1 N–H and O–H groups in total. The monoisotopic (exact) mass is 230 g/mol. The molecule has 0 aromatic rings. The van der Waals surface area contributed by atoms with Gasteiger partial charge in [0.2, 0.25) is 0 Å². The molecule has 0 atom stereocenters. The summed E-state index contributed by atoms with van der Waals surface area (Å²) in [5.74, 6) is 2.68. The normalized spacial score (nSPS) is 19.8. The minimum atomic E-state index is 0.383. The van der Waals surface area contributed by atoms with E-state index in [2.05, 4.69) is 49.9 Å². The minimum Gasteiger partial charge on any atom is -0.313 e. The molecule has 0 aromatic heterocycles. The third kappa shape index (κ3) is 5.79. The molecule has 0 amide bonds. The van der Waals surface area contributed by atoms with E-state index in [4.69, 9.17) is 0 Å². The molecule has 3 heteroatoms.